The average molecular weight is 482 g/mol. The smallest absolute Gasteiger partial charge is 0.261 e. The molecule has 1 saturated heterocycles. The van der Waals surface area contributed by atoms with Gasteiger partial charge in [0.15, 0.2) is 9.84 Å². The van der Waals surface area contributed by atoms with Gasteiger partial charge in [-0.3, -0.25) is 14.3 Å². The molecule has 2 aromatic rings. The Balaban J connectivity index is 1.71. The second kappa shape index (κ2) is 9.17. The van der Waals surface area contributed by atoms with Gasteiger partial charge in [-0.15, -0.1) is 0 Å². The van der Waals surface area contributed by atoms with E-state index in [4.69, 9.17) is 4.74 Å². The summed E-state index contributed by atoms with van der Waals surface area (Å²) in [6.07, 6.45) is 0.369. The van der Waals surface area contributed by atoms with Crippen molar-refractivity contribution in [2.75, 3.05) is 28.7 Å². The molecule has 32 heavy (non-hydrogen) atoms. The fourth-order valence-electron chi connectivity index (χ4n) is 3.22. The van der Waals surface area contributed by atoms with Gasteiger partial charge in [-0.1, -0.05) is 0 Å². The number of rotatable bonds is 7. The van der Waals surface area contributed by atoms with Crippen LogP contribution in [0.2, 0.25) is 0 Å². The number of anilines is 2. The van der Waals surface area contributed by atoms with Gasteiger partial charge in [0.2, 0.25) is 5.91 Å². The SMILES string of the molecule is COc1ccc(S(=O)(=O)Nc2ccc(C(=O)N[C@@H]3CCS(=O)(=O)C3)cc2)cc1NC(C)=O. The van der Waals surface area contributed by atoms with Gasteiger partial charge in [-0.25, -0.2) is 16.8 Å². The Kier molecular flexibility index (Phi) is 6.74. The van der Waals surface area contributed by atoms with Crippen molar-refractivity contribution in [3.05, 3.63) is 48.0 Å². The number of benzene rings is 2. The van der Waals surface area contributed by atoms with Crippen LogP contribution >= 0.6 is 0 Å². The van der Waals surface area contributed by atoms with Crippen LogP contribution in [-0.4, -0.2) is 53.3 Å². The lowest BCUT2D eigenvalue weighted by atomic mass is 10.1. The molecule has 3 N–H and O–H groups in total. The number of sulfone groups is 1. The third-order valence-electron chi connectivity index (χ3n) is 4.76. The van der Waals surface area contributed by atoms with Crippen molar-refractivity contribution in [3.63, 3.8) is 0 Å². The molecule has 0 radical (unpaired) electrons. The highest BCUT2D eigenvalue weighted by Gasteiger charge is 2.29. The predicted molar refractivity (Wildman–Crippen MR) is 119 cm³/mol. The van der Waals surface area contributed by atoms with Crippen LogP contribution in [0.3, 0.4) is 0 Å². The van der Waals surface area contributed by atoms with Gasteiger partial charge in [0.1, 0.15) is 5.75 Å². The molecule has 1 aliphatic heterocycles. The van der Waals surface area contributed by atoms with E-state index in [-0.39, 0.29) is 39.2 Å². The van der Waals surface area contributed by atoms with Crippen molar-refractivity contribution in [3.8, 4) is 5.75 Å². The third-order valence-corrected chi connectivity index (χ3v) is 7.91. The topological polar surface area (TPSA) is 148 Å². The van der Waals surface area contributed by atoms with Gasteiger partial charge in [-0.05, 0) is 48.9 Å². The number of hydrogen-bond donors (Lipinski definition) is 3. The van der Waals surface area contributed by atoms with E-state index >= 15 is 0 Å². The van der Waals surface area contributed by atoms with Gasteiger partial charge >= 0.3 is 0 Å². The van der Waals surface area contributed by atoms with Gasteiger partial charge in [0, 0.05) is 24.2 Å². The molecule has 1 fully saturated rings. The highest BCUT2D eigenvalue weighted by atomic mass is 32.2. The summed E-state index contributed by atoms with van der Waals surface area (Å²) in [5.41, 5.74) is 0.709. The summed E-state index contributed by atoms with van der Waals surface area (Å²) in [6, 6.07) is 9.34. The van der Waals surface area contributed by atoms with E-state index in [0.29, 0.717) is 12.2 Å². The van der Waals surface area contributed by atoms with Crippen molar-refractivity contribution in [2.45, 2.75) is 24.3 Å². The first-order valence-corrected chi connectivity index (χ1v) is 12.9. The largest absolute Gasteiger partial charge is 0.495 e. The van der Waals surface area contributed by atoms with Crippen LogP contribution in [0.25, 0.3) is 0 Å². The maximum atomic E-state index is 12.7. The second-order valence-corrected chi connectivity index (χ2v) is 11.2. The van der Waals surface area contributed by atoms with Crippen molar-refractivity contribution < 1.29 is 31.2 Å². The average Bonchev–Trinajstić information content (AvgIpc) is 3.05. The molecule has 2 amide bonds. The van der Waals surface area contributed by atoms with Crippen LogP contribution in [0.5, 0.6) is 5.75 Å². The summed E-state index contributed by atoms with van der Waals surface area (Å²) in [5, 5.41) is 5.19. The molecule has 172 valence electrons. The first kappa shape index (κ1) is 23.5. The number of amides is 2. The number of hydrogen-bond acceptors (Lipinski definition) is 7. The number of ether oxygens (including phenoxy) is 1. The second-order valence-electron chi connectivity index (χ2n) is 7.30. The monoisotopic (exact) mass is 481 g/mol. The molecule has 0 spiro atoms. The zero-order valence-electron chi connectivity index (χ0n) is 17.4. The summed E-state index contributed by atoms with van der Waals surface area (Å²) < 4.78 is 56.1. The van der Waals surface area contributed by atoms with Crippen LogP contribution in [0, 0.1) is 0 Å². The Labute approximate surface area is 186 Å². The molecular formula is C20H23N3O7S2. The van der Waals surface area contributed by atoms with Gasteiger partial charge < -0.3 is 15.4 Å². The predicted octanol–water partition coefficient (Wildman–Crippen LogP) is 1.37. The Hall–Kier alpha value is -3.12. The molecule has 1 heterocycles. The van der Waals surface area contributed by atoms with Crippen LogP contribution in [0.4, 0.5) is 11.4 Å². The molecule has 0 aliphatic carbocycles. The quantitative estimate of drug-likeness (QED) is 0.541. The van der Waals surface area contributed by atoms with E-state index < -0.39 is 31.8 Å². The van der Waals surface area contributed by atoms with E-state index in [2.05, 4.69) is 15.4 Å². The lowest BCUT2D eigenvalue weighted by Crippen LogP contribution is -2.35. The van der Waals surface area contributed by atoms with Crippen LogP contribution in [0.1, 0.15) is 23.7 Å². The zero-order valence-corrected chi connectivity index (χ0v) is 19.0. The van der Waals surface area contributed by atoms with Crippen LogP contribution < -0.4 is 20.1 Å². The minimum absolute atomic E-state index is 0.0493. The molecule has 0 bridgehead atoms. The molecule has 0 unspecified atom stereocenters. The maximum absolute atomic E-state index is 12.7. The van der Waals surface area contributed by atoms with E-state index in [1.54, 1.807) is 0 Å². The molecule has 10 nitrogen and oxygen atoms in total. The lowest BCUT2D eigenvalue weighted by molar-refractivity contribution is -0.114. The molecule has 1 aliphatic rings. The summed E-state index contributed by atoms with van der Waals surface area (Å²) in [4.78, 5) is 23.6. The van der Waals surface area contributed by atoms with Crippen LogP contribution in [0.15, 0.2) is 47.4 Å². The summed E-state index contributed by atoms with van der Waals surface area (Å²) in [5.74, 6) is -0.539. The van der Waals surface area contributed by atoms with Gasteiger partial charge in [-0.2, -0.15) is 0 Å². The molecule has 0 aromatic heterocycles. The number of methoxy groups -OCH3 is 1. The van der Waals surface area contributed by atoms with E-state index in [0.717, 1.165) is 0 Å². The summed E-state index contributed by atoms with van der Waals surface area (Å²) in [6.45, 7) is 1.29. The highest BCUT2D eigenvalue weighted by Crippen LogP contribution is 2.28. The molecule has 1 atom stereocenters. The Bertz CT molecular complexity index is 1240. The Morgan fingerprint density at radius 1 is 1.09 bits per heavy atom. The van der Waals surface area contributed by atoms with Gasteiger partial charge in [0.25, 0.3) is 15.9 Å². The normalized spacial score (nSPS) is 17.4. The highest BCUT2D eigenvalue weighted by molar-refractivity contribution is 7.92. The van der Waals surface area contributed by atoms with Crippen molar-refractivity contribution in [2.24, 2.45) is 0 Å². The molecule has 3 rings (SSSR count). The number of sulfonamides is 1. The fourth-order valence-corrected chi connectivity index (χ4v) is 5.98. The van der Waals surface area contributed by atoms with Gasteiger partial charge in [0.05, 0.1) is 29.2 Å². The Morgan fingerprint density at radius 2 is 1.78 bits per heavy atom. The minimum atomic E-state index is -3.99. The first-order chi connectivity index (χ1) is 15.0. The maximum Gasteiger partial charge on any atom is 0.261 e. The minimum Gasteiger partial charge on any atom is -0.495 e. The van der Waals surface area contributed by atoms with Crippen molar-refractivity contribution in [1.29, 1.82) is 0 Å². The lowest BCUT2D eigenvalue weighted by Gasteiger charge is -2.13. The van der Waals surface area contributed by atoms with E-state index in [1.165, 1.54) is 56.5 Å². The molecule has 0 saturated carbocycles. The third kappa shape index (κ3) is 5.77. The molecule has 12 heteroatoms. The number of carbonyl (C=O) groups excluding carboxylic acids is 2. The zero-order chi connectivity index (χ0) is 23.5. The van der Waals surface area contributed by atoms with Crippen LogP contribution in [-0.2, 0) is 24.7 Å². The number of nitrogens with one attached hydrogen (secondary N) is 3. The van der Waals surface area contributed by atoms with Crippen molar-refractivity contribution in [1.82, 2.24) is 5.32 Å². The fraction of sp³-hybridized carbons (Fsp3) is 0.300. The number of carbonyl (C=O) groups is 2. The first-order valence-electron chi connectivity index (χ1n) is 9.59. The summed E-state index contributed by atoms with van der Waals surface area (Å²) in [7, 11) is -5.70. The van der Waals surface area contributed by atoms with Crippen molar-refractivity contribution >= 4 is 43.0 Å². The molecular weight excluding hydrogens is 458 g/mol. The Morgan fingerprint density at radius 3 is 2.34 bits per heavy atom. The standard InChI is InChI=1S/C20H23N3O7S2/c1-13(24)21-18-11-17(7-8-19(18)30-2)32(28,29)23-15-5-3-14(4-6-15)20(25)22-16-9-10-31(26,27)12-16/h3-8,11,16,23H,9-10,12H2,1-2H3,(H,21,24)(H,22,25)/t16-/m1/s1. The summed E-state index contributed by atoms with van der Waals surface area (Å²) >= 11 is 0. The molecule has 2 aromatic carbocycles. The van der Waals surface area contributed by atoms with E-state index in [1.807, 2.05) is 0 Å². The van der Waals surface area contributed by atoms with E-state index in [9.17, 15) is 26.4 Å².